The van der Waals surface area contributed by atoms with Crippen molar-refractivity contribution >= 4 is 11.6 Å². The predicted molar refractivity (Wildman–Crippen MR) is 74.7 cm³/mol. The number of rotatable bonds is 5. The first-order valence-corrected chi connectivity index (χ1v) is 6.70. The van der Waals surface area contributed by atoms with Crippen molar-refractivity contribution in [3.63, 3.8) is 0 Å². The number of carbonyl (C=O) groups excluding carboxylic acids is 1. The van der Waals surface area contributed by atoms with Crippen LogP contribution in [0.1, 0.15) is 12.5 Å². The summed E-state index contributed by atoms with van der Waals surface area (Å²) in [5.74, 6) is 0.530. The van der Waals surface area contributed by atoms with E-state index in [4.69, 9.17) is 19.9 Å². The molecule has 0 aliphatic carbocycles. The van der Waals surface area contributed by atoms with Gasteiger partial charge in [0, 0.05) is 17.8 Å². The van der Waals surface area contributed by atoms with Crippen LogP contribution < -0.4 is 15.8 Å². The summed E-state index contributed by atoms with van der Waals surface area (Å²) in [7, 11) is 0. The average molecular weight is 280 g/mol. The van der Waals surface area contributed by atoms with Crippen molar-refractivity contribution in [2.75, 3.05) is 31.7 Å². The van der Waals surface area contributed by atoms with Gasteiger partial charge in [-0.15, -0.1) is 0 Å². The average Bonchev–Trinajstić information content (AvgIpc) is 2.50. The second-order valence-corrected chi connectivity index (χ2v) is 4.38. The summed E-state index contributed by atoms with van der Waals surface area (Å²) < 4.78 is 16.0. The van der Waals surface area contributed by atoms with Crippen molar-refractivity contribution in [3.05, 3.63) is 23.8 Å². The molecule has 1 unspecified atom stereocenters. The van der Waals surface area contributed by atoms with Gasteiger partial charge in [-0.05, 0) is 25.1 Å². The van der Waals surface area contributed by atoms with E-state index in [-0.39, 0.29) is 12.5 Å². The number of carbonyl (C=O) groups is 1. The molecule has 0 radical (unpaired) electrons. The molecule has 1 heterocycles. The second-order valence-electron chi connectivity index (χ2n) is 4.38. The molecular formula is C14H20N2O4. The van der Waals surface area contributed by atoms with Gasteiger partial charge in [-0.25, -0.2) is 0 Å². The first-order chi connectivity index (χ1) is 9.74. The van der Waals surface area contributed by atoms with Crippen LogP contribution in [0.15, 0.2) is 18.2 Å². The Morgan fingerprint density at radius 3 is 3.00 bits per heavy atom. The number of hydrogen-bond acceptors (Lipinski definition) is 5. The highest BCUT2D eigenvalue weighted by Crippen LogP contribution is 2.23. The topological polar surface area (TPSA) is 82.8 Å². The zero-order valence-electron chi connectivity index (χ0n) is 11.6. The molecule has 1 fully saturated rings. The number of amides is 1. The minimum absolute atomic E-state index is 0.211. The molecule has 1 amide bonds. The van der Waals surface area contributed by atoms with Crippen LogP contribution in [0.5, 0.6) is 5.75 Å². The zero-order chi connectivity index (χ0) is 14.4. The summed E-state index contributed by atoms with van der Waals surface area (Å²) in [5.41, 5.74) is 7.21. The highest BCUT2D eigenvalue weighted by Gasteiger charge is 2.22. The van der Waals surface area contributed by atoms with Crippen LogP contribution in [-0.4, -0.2) is 38.4 Å². The third-order valence-electron chi connectivity index (χ3n) is 2.96. The summed E-state index contributed by atoms with van der Waals surface area (Å²) in [6.07, 6.45) is -0.559. The Bertz CT molecular complexity index is 458. The summed E-state index contributed by atoms with van der Waals surface area (Å²) in [4.78, 5) is 12.0. The zero-order valence-corrected chi connectivity index (χ0v) is 11.6. The van der Waals surface area contributed by atoms with Crippen LogP contribution in [0.25, 0.3) is 0 Å². The number of benzene rings is 1. The molecule has 0 spiro atoms. The number of anilines is 1. The standard InChI is InChI=1S/C14H20N2O4/c1-2-19-12-4-3-11(7-10(12)8-15)16-14(17)13-9-18-5-6-20-13/h3-4,7,13H,2,5-6,8-9,15H2,1H3,(H,16,17). The second kappa shape index (κ2) is 7.23. The number of nitrogens with two attached hydrogens (primary N) is 1. The summed E-state index contributed by atoms with van der Waals surface area (Å²) >= 11 is 0. The number of nitrogens with one attached hydrogen (secondary N) is 1. The maximum Gasteiger partial charge on any atom is 0.255 e. The van der Waals surface area contributed by atoms with Crippen molar-refractivity contribution in [2.45, 2.75) is 19.6 Å². The molecule has 0 aromatic heterocycles. The van der Waals surface area contributed by atoms with Gasteiger partial charge in [0.2, 0.25) is 0 Å². The summed E-state index contributed by atoms with van der Waals surface area (Å²) in [6.45, 7) is 4.09. The Labute approximate surface area is 118 Å². The van der Waals surface area contributed by atoms with Crippen molar-refractivity contribution < 1.29 is 19.0 Å². The molecule has 2 rings (SSSR count). The van der Waals surface area contributed by atoms with E-state index in [0.717, 1.165) is 11.3 Å². The highest BCUT2D eigenvalue weighted by atomic mass is 16.6. The maximum absolute atomic E-state index is 12.0. The van der Waals surface area contributed by atoms with Gasteiger partial charge < -0.3 is 25.3 Å². The summed E-state index contributed by atoms with van der Waals surface area (Å²) in [6, 6.07) is 5.40. The van der Waals surface area contributed by atoms with Gasteiger partial charge in [0.1, 0.15) is 5.75 Å². The molecule has 110 valence electrons. The van der Waals surface area contributed by atoms with E-state index < -0.39 is 6.10 Å². The third kappa shape index (κ3) is 3.69. The monoisotopic (exact) mass is 280 g/mol. The SMILES string of the molecule is CCOc1ccc(NC(=O)C2COCCO2)cc1CN. The Kier molecular flexibility index (Phi) is 5.34. The quantitative estimate of drug-likeness (QED) is 0.837. The molecule has 1 aromatic rings. The highest BCUT2D eigenvalue weighted by molar-refractivity contribution is 5.94. The molecule has 1 atom stereocenters. The smallest absolute Gasteiger partial charge is 0.255 e. The molecule has 1 aliphatic rings. The van der Waals surface area contributed by atoms with Gasteiger partial charge in [0.25, 0.3) is 5.91 Å². The third-order valence-corrected chi connectivity index (χ3v) is 2.96. The minimum Gasteiger partial charge on any atom is -0.494 e. The van der Waals surface area contributed by atoms with Crippen LogP contribution in [0, 0.1) is 0 Å². The lowest BCUT2D eigenvalue weighted by atomic mass is 10.1. The fraction of sp³-hybridized carbons (Fsp3) is 0.500. The van der Waals surface area contributed by atoms with Gasteiger partial charge >= 0.3 is 0 Å². The lowest BCUT2D eigenvalue weighted by Gasteiger charge is -2.22. The first kappa shape index (κ1) is 14.8. The number of hydrogen-bond donors (Lipinski definition) is 2. The van der Waals surface area contributed by atoms with Crippen LogP contribution in [0.3, 0.4) is 0 Å². The minimum atomic E-state index is -0.559. The molecule has 20 heavy (non-hydrogen) atoms. The van der Waals surface area contributed by atoms with E-state index in [1.54, 1.807) is 12.1 Å². The Hall–Kier alpha value is -1.63. The molecule has 3 N–H and O–H groups in total. The van der Waals surface area contributed by atoms with Crippen LogP contribution in [0.2, 0.25) is 0 Å². The van der Waals surface area contributed by atoms with Crippen molar-refractivity contribution in [2.24, 2.45) is 5.73 Å². The van der Waals surface area contributed by atoms with Gasteiger partial charge in [0.05, 0.1) is 26.4 Å². The Morgan fingerprint density at radius 1 is 1.50 bits per heavy atom. The maximum atomic E-state index is 12.0. The van der Waals surface area contributed by atoms with Gasteiger partial charge in [0.15, 0.2) is 6.10 Å². The molecular weight excluding hydrogens is 260 g/mol. The van der Waals surface area contributed by atoms with Crippen LogP contribution in [-0.2, 0) is 20.8 Å². The van der Waals surface area contributed by atoms with E-state index in [2.05, 4.69) is 5.32 Å². The molecule has 6 heteroatoms. The van der Waals surface area contributed by atoms with Gasteiger partial charge in [-0.3, -0.25) is 4.79 Å². The lowest BCUT2D eigenvalue weighted by Crippen LogP contribution is -2.39. The van der Waals surface area contributed by atoms with Crippen molar-refractivity contribution in [1.29, 1.82) is 0 Å². The molecule has 1 aliphatic heterocycles. The predicted octanol–water partition coefficient (Wildman–Crippen LogP) is 0.898. The van der Waals surface area contributed by atoms with Crippen molar-refractivity contribution in [3.8, 4) is 5.75 Å². The lowest BCUT2D eigenvalue weighted by molar-refractivity contribution is -0.142. The van der Waals surface area contributed by atoms with Gasteiger partial charge in [-0.1, -0.05) is 0 Å². The summed E-state index contributed by atoms with van der Waals surface area (Å²) in [5, 5.41) is 2.80. The normalized spacial score (nSPS) is 18.6. The molecule has 0 saturated carbocycles. The van der Waals surface area contributed by atoms with Crippen LogP contribution in [0.4, 0.5) is 5.69 Å². The Balaban J connectivity index is 2.03. The van der Waals surface area contributed by atoms with Crippen LogP contribution >= 0.6 is 0 Å². The molecule has 1 aromatic carbocycles. The van der Waals surface area contributed by atoms with E-state index in [0.29, 0.717) is 32.1 Å². The van der Waals surface area contributed by atoms with Gasteiger partial charge in [-0.2, -0.15) is 0 Å². The van der Waals surface area contributed by atoms with E-state index in [9.17, 15) is 4.79 Å². The number of ether oxygens (including phenoxy) is 3. The van der Waals surface area contributed by atoms with E-state index in [1.165, 1.54) is 0 Å². The first-order valence-electron chi connectivity index (χ1n) is 6.70. The van der Waals surface area contributed by atoms with Crippen molar-refractivity contribution in [1.82, 2.24) is 0 Å². The molecule has 0 bridgehead atoms. The fourth-order valence-corrected chi connectivity index (χ4v) is 1.97. The van der Waals surface area contributed by atoms with E-state index in [1.807, 2.05) is 13.0 Å². The van der Waals surface area contributed by atoms with E-state index >= 15 is 0 Å². The Morgan fingerprint density at radius 2 is 2.35 bits per heavy atom. The molecule has 6 nitrogen and oxygen atoms in total. The largest absolute Gasteiger partial charge is 0.494 e. The molecule has 1 saturated heterocycles. The fourth-order valence-electron chi connectivity index (χ4n) is 1.97.